The summed E-state index contributed by atoms with van der Waals surface area (Å²) in [6, 6.07) is 13.2. The number of halogens is 5. The maximum absolute atomic E-state index is 13.9. The monoisotopic (exact) mass is 666 g/mol. The van der Waals surface area contributed by atoms with Crippen LogP contribution in [-0.4, -0.2) is 66.7 Å². The second-order valence-corrected chi connectivity index (χ2v) is 14.6. The van der Waals surface area contributed by atoms with Crippen molar-refractivity contribution in [2.45, 2.75) is 56.4 Å². The first-order valence-electron chi connectivity index (χ1n) is 14.9. The normalized spacial score (nSPS) is 28.8. The Bertz CT molecular complexity index is 1630. The maximum Gasteiger partial charge on any atom is 0.402 e. The van der Waals surface area contributed by atoms with Gasteiger partial charge in [-0.05, 0) is 84.6 Å². The van der Waals surface area contributed by atoms with Gasteiger partial charge in [0.2, 0.25) is 0 Å². The van der Waals surface area contributed by atoms with Gasteiger partial charge in [0.15, 0.2) is 0 Å². The SMILES string of the molecule is COc1ccc(CN2C3(CN(CC(F)(F)F)S2(=O)=O)C2CCC3CC(/C=C/C3=NN(C)C(c4ccc(F)cc4)C3)=C(Cl)C2)cc1. The quantitative estimate of drug-likeness (QED) is 0.305. The standard InChI is InChI=1S/C32H35ClF4N4O3S/c1-39-30(22-5-10-26(34)11-6-22)17-27(38-39)12-7-23-15-24-8-9-25(16-29(23)33)31(24)19-40(20-32(35,36)37)45(42,43)41(31)18-21-3-13-28(44-2)14-4-21/h3-7,10-14,24-25,30H,8-9,15-20H2,1-2H3/b12-7+. The molecular weight excluding hydrogens is 632 g/mol. The van der Waals surface area contributed by atoms with Crippen LogP contribution >= 0.6 is 11.6 Å². The molecule has 2 aromatic rings. The number of methoxy groups -OCH3 is 1. The molecule has 2 aromatic carbocycles. The number of ether oxygens (including phenoxy) is 1. The van der Waals surface area contributed by atoms with Crippen LogP contribution in [0.1, 0.15) is 49.3 Å². The van der Waals surface area contributed by atoms with Crippen LogP contribution < -0.4 is 4.74 Å². The lowest BCUT2D eigenvalue weighted by molar-refractivity contribution is -0.136. The van der Waals surface area contributed by atoms with E-state index in [2.05, 4.69) is 5.10 Å². The highest BCUT2D eigenvalue weighted by Crippen LogP contribution is 2.57. The van der Waals surface area contributed by atoms with E-state index >= 15 is 0 Å². The summed E-state index contributed by atoms with van der Waals surface area (Å²) < 4.78 is 89.4. The van der Waals surface area contributed by atoms with Gasteiger partial charge in [0, 0.05) is 31.6 Å². The second kappa shape index (κ2) is 12.0. The zero-order chi connectivity index (χ0) is 32.1. The van der Waals surface area contributed by atoms with Crippen molar-refractivity contribution in [1.82, 2.24) is 13.6 Å². The largest absolute Gasteiger partial charge is 0.497 e. The molecule has 6 rings (SSSR count). The van der Waals surface area contributed by atoms with Gasteiger partial charge in [0.1, 0.15) is 18.1 Å². The third kappa shape index (κ3) is 6.14. The molecule has 2 heterocycles. The molecule has 1 saturated heterocycles. The van der Waals surface area contributed by atoms with Crippen LogP contribution in [0.15, 0.2) is 76.4 Å². The molecule has 1 saturated carbocycles. The fraction of sp³-hybridized carbons (Fsp3) is 0.469. The Hall–Kier alpha value is -2.93. The molecule has 4 atom stereocenters. The summed E-state index contributed by atoms with van der Waals surface area (Å²) in [4.78, 5) is 0. The summed E-state index contributed by atoms with van der Waals surface area (Å²) in [5, 5.41) is 7.08. The Morgan fingerprint density at radius 3 is 2.33 bits per heavy atom. The first-order valence-corrected chi connectivity index (χ1v) is 16.7. The molecule has 7 nitrogen and oxygen atoms in total. The van der Waals surface area contributed by atoms with Crippen molar-refractivity contribution in [2.24, 2.45) is 16.9 Å². The molecule has 0 aromatic heterocycles. The number of hydrogen-bond acceptors (Lipinski definition) is 5. The molecule has 45 heavy (non-hydrogen) atoms. The highest BCUT2D eigenvalue weighted by molar-refractivity contribution is 7.87. The Labute approximate surface area is 266 Å². The lowest BCUT2D eigenvalue weighted by Gasteiger charge is -2.41. The van der Waals surface area contributed by atoms with E-state index in [0.29, 0.717) is 52.8 Å². The summed E-state index contributed by atoms with van der Waals surface area (Å²) in [6.07, 6.45) is 1.90. The number of benzene rings is 2. The second-order valence-electron chi connectivity index (χ2n) is 12.3. The van der Waals surface area contributed by atoms with Crippen molar-refractivity contribution in [3.63, 3.8) is 0 Å². The topological polar surface area (TPSA) is 65.5 Å². The van der Waals surface area contributed by atoms with Crippen LogP contribution in [0.3, 0.4) is 0 Å². The van der Waals surface area contributed by atoms with Gasteiger partial charge in [-0.2, -0.15) is 35.3 Å². The van der Waals surface area contributed by atoms with E-state index in [1.807, 2.05) is 24.2 Å². The fourth-order valence-electron chi connectivity index (χ4n) is 7.56. The van der Waals surface area contributed by atoms with Crippen molar-refractivity contribution in [1.29, 1.82) is 0 Å². The Kier molecular flexibility index (Phi) is 8.55. The molecule has 2 aliphatic carbocycles. The zero-order valence-electron chi connectivity index (χ0n) is 25.0. The molecular formula is C32H35ClF4N4O3S. The molecule has 242 valence electrons. The summed E-state index contributed by atoms with van der Waals surface area (Å²) in [5.41, 5.74) is 2.22. The van der Waals surface area contributed by atoms with E-state index in [9.17, 15) is 26.0 Å². The van der Waals surface area contributed by atoms with Gasteiger partial charge in [0.25, 0.3) is 10.2 Å². The average molecular weight is 667 g/mol. The third-order valence-electron chi connectivity index (χ3n) is 9.73. The highest BCUT2D eigenvalue weighted by Gasteiger charge is 2.65. The van der Waals surface area contributed by atoms with Gasteiger partial charge in [-0.15, -0.1) is 0 Å². The van der Waals surface area contributed by atoms with Crippen LogP contribution in [-0.2, 0) is 16.8 Å². The van der Waals surface area contributed by atoms with E-state index in [1.165, 1.54) is 23.5 Å². The lowest BCUT2D eigenvalue weighted by Crippen LogP contribution is -2.53. The minimum atomic E-state index is -4.68. The van der Waals surface area contributed by atoms with Crippen LogP contribution in [0.25, 0.3) is 0 Å². The van der Waals surface area contributed by atoms with Gasteiger partial charge >= 0.3 is 6.18 Å². The number of hydrogen-bond donors (Lipinski definition) is 0. The molecule has 2 aliphatic heterocycles. The van der Waals surface area contributed by atoms with Crippen molar-refractivity contribution in [3.8, 4) is 5.75 Å². The number of hydrazone groups is 1. The van der Waals surface area contributed by atoms with Crippen LogP contribution in [0.4, 0.5) is 17.6 Å². The Morgan fingerprint density at radius 2 is 1.69 bits per heavy atom. The van der Waals surface area contributed by atoms with E-state index in [-0.39, 0.29) is 36.8 Å². The highest BCUT2D eigenvalue weighted by atomic mass is 35.5. The van der Waals surface area contributed by atoms with Gasteiger partial charge in [0.05, 0.1) is 24.4 Å². The molecule has 13 heteroatoms. The van der Waals surface area contributed by atoms with Crippen molar-refractivity contribution in [2.75, 3.05) is 27.2 Å². The molecule has 4 unspecified atom stereocenters. The molecule has 0 radical (unpaired) electrons. The first-order chi connectivity index (χ1) is 21.3. The number of allylic oxidation sites excluding steroid dienone is 4. The van der Waals surface area contributed by atoms with E-state index in [0.717, 1.165) is 16.8 Å². The summed E-state index contributed by atoms with van der Waals surface area (Å²) in [5.74, 6) is -0.184. The summed E-state index contributed by atoms with van der Waals surface area (Å²) in [6.45, 7) is -1.82. The molecule has 4 aliphatic rings. The van der Waals surface area contributed by atoms with Crippen molar-refractivity contribution >= 4 is 27.5 Å². The minimum absolute atomic E-state index is 0.0436. The predicted octanol–water partition coefficient (Wildman–Crippen LogP) is 6.80. The summed E-state index contributed by atoms with van der Waals surface area (Å²) in [7, 11) is -1.05. The molecule has 0 N–H and O–H groups in total. The average Bonchev–Trinajstić information content (AvgIpc) is 3.55. The number of rotatable bonds is 7. The molecule has 2 bridgehead atoms. The van der Waals surface area contributed by atoms with Gasteiger partial charge in [-0.3, -0.25) is 5.01 Å². The smallest absolute Gasteiger partial charge is 0.402 e. The van der Waals surface area contributed by atoms with Crippen molar-refractivity contribution in [3.05, 3.63) is 88.2 Å². The van der Waals surface area contributed by atoms with E-state index in [1.54, 1.807) is 36.4 Å². The predicted molar refractivity (Wildman–Crippen MR) is 164 cm³/mol. The maximum atomic E-state index is 13.9. The van der Waals surface area contributed by atoms with Crippen molar-refractivity contribution < 1.29 is 30.7 Å². The zero-order valence-corrected chi connectivity index (χ0v) is 26.5. The Balaban J connectivity index is 1.28. The van der Waals surface area contributed by atoms with Gasteiger partial charge in [-0.25, -0.2) is 4.39 Å². The fourth-order valence-corrected chi connectivity index (χ4v) is 9.94. The molecule has 0 amide bonds. The van der Waals surface area contributed by atoms with Gasteiger partial charge in [-0.1, -0.05) is 41.9 Å². The van der Waals surface area contributed by atoms with Crippen LogP contribution in [0.5, 0.6) is 5.75 Å². The van der Waals surface area contributed by atoms with Crippen LogP contribution in [0, 0.1) is 17.7 Å². The van der Waals surface area contributed by atoms with Crippen LogP contribution in [0.2, 0.25) is 0 Å². The van der Waals surface area contributed by atoms with Gasteiger partial charge < -0.3 is 4.74 Å². The first kappa shape index (κ1) is 32.0. The summed E-state index contributed by atoms with van der Waals surface area (Å²) >= 11 is 6.92. The lowest BCUT2D eigenvalue weighted by atomic mass is 9.78. The molecule has 1 spiro atoms. The Morgan fingerprint density at radius 1 is 1.02 bits per heavy atom. The van der Waals surface area contributed by atoms with E-state index in [4.69, 9.17) is 16.3 Å². The number of alkyl halides is 3. The molecule has 2 fully saturated rings. The third-order valence-corrected chi connectivity index (χ3v) is 12.1. The van der Waals surface area contributed by atoms with E-state index < -0.39 is 28.5 Å². The number of nitrogens with zero attached hydrogens (tertiary/aromatic N) is 4. The minimum Gasteiger partial charge on any atom is -0.497 e.